The van der Waals surface area contributed by atoms with E-state index in [0.717, 1.165) is 13.2 Å². The van der Waals surface area contributed by atoms with E-state index in [2.05, 4.69) is 16.0 Å². The molecule has 0 saturated heterocycles. The van der Waals surface area contributed by atoms with E-state index >= 15 is 0 Å². The van der Waals surface area contributed by atoms with Crippen molar-refractivity contribution in [3.63, 3.8) is 0 Å². The van der Waals surface area contributed by atoms with E-state index in [4.69, 9.17) is 0 Å². The van der Waals surface area contributed by atoms with E-state index in [0.29, 0.717) is 0 Å². The quantitative estimate of drug-likeness (QED) is 0.415. The van der Waals surface area contributed by atoms with Crippen molar-refractivity contribution in [1.29, 1.82) is 0 Å². The molecule has 0 atom stereocenters. The predicted octanol–water partition coefficient (Wildman–Crippen LogP) is -0.311. The maximum absolute atomic E-state index is 3.29. The van der Waals surface area contributed by atoms with Crippen LogP contribution < -0.4 is 16.0 Å². The molecule has 2 aliphatic heterocycles. The van der Waals surface area contributed by atoms with Crippen molar-refractivity contribution in [2.24, 2.45) is 0 Å². The third-order valence-electron chi connectivity index (χ3n) is 1.77. The highest BCUT2D eigenvalue weighted by Gasteiger charge is 2.15. The van der Waals surface area contributed by atoms with Crippen LogP contribution in [0, 0.1) is 0 Å². The SMILES string of the molecule is C1CNC2=C(C1)NCN2. The molecule has 3 heteroatoms. The Bertz CT molecular complexity index is 134. The molecule has 0 aliphatic carbocycles. The number of rotatable bonds is 0. The summed E-state index contributed by atoms with van der Waals surface area (Å²) in [6, 6.07) is 0. The molecule has 0 spiro atoms. The lowest BCUT2D eigenvalue weighted by Crippen LogP contribution is -2.26. The smallest absolute Gasteiger partial charge is 0.120 e. The number of hydrogen-bond donors (Lipinski definition) is 3. The van der Waals surface area contributed by atoms with Gasteiger partial charge in [0.05, 0.1) is 12.4 Å². The van der Waals surface area contributed by atoms with Crippen molar-refractivity contribution in [1.82, 2.24) is 16.0 Å². The second-order valence-corrected chi connectivity index (χ2v) is 2.41. The predicted molar refractivity (Wildman–Crippen MR) is 35.4 cm³/mol. The molecule has 0 aromatic rings. The Morgan fingerprint density at radius 2 is 2.11 bits per heavy atom. The van der Waals surface area contributed by atoms with Gasteiger partial charge in [0.15, 0.2) is 0 Å². The second-order valence-electron chi connectivity index (χ2n) is 2.41. The van der Waals surface area contributed by atoms with Gasteiger partial charge in [-0.25, -0.2) is 0 Å². The molecule has 0 aromatic heterocycles. The minimum atomic E-state index is 0.900. The Kier molecular flexibility index (Phi) is 1.01. The lowest BCUT2D eigenvalue weighted by molar-refractivity contribution is 0.642. The zero-order valence-corrected chi connectivity index (χ0v) is 5.33. The zero-order valence-electron chi connectivity index (χ0n) is 5.33. The Labute approximate surface area is 54.5 Å². The lowest BCUT2D eigenvalue weighted by Gasteiger charge is -2.14. The van der Waals surface area contributed by atoms with Crippen molar-refractivity contribution in [2.75, 3.05) is 13.2 Å². The summed E-state index contributed by atoms with van der Waals surface area (Å²) >= 11 is 0. The van der Waals surface area contributed by atoms with Gasteiger partial charge in [-0.3, -0.25) is 0 Å². The first-order valence-corrected chi connectivity index (χ1v) is 3.41. The van der Waals surface area contributed by atoms with Crippen molar-refractivity contribution in [3.8, 4) is 0 Å². The van der Waals surface area contributed by atoms with Gasteiger partial charge < -0.3 is 16.0 Å². The number of allylic oxidation sites excluding steroid dienone is 1. The van der Waals surface area contributed by atoms with E-state index in [-0.39, 0.29) is 0 Å². The van der Waals surface area contributed by atoms with Crippen LogP contribution in [-0.4, -0.2) is 13.2 Å². The summed E-state index contributed by atoms with van der Waals surface area (Å²) in [7, 11) is 0. The Morgan fingerprint density at radius 1 is 1.11 bits per heavy atom. The summed E-state index contributed by atoms with van der Waals surface area (Å²) in [5.41, 5.74) is 1.36. The maximum atomic E-state index is 3.29. The van der Waals surface area contributed by atoms with Crippen LogP contribution in [0.5, 0.6) is 0 Å². The van der Waals surface area contributed by atoms with Crippen LogP contribution in [0.3, 0.4) is 0 Å². The van der Waals surface area contributed by atoms with Gasteiger partial charge in [-0.05, 0) is 12.8 Å². The van der Waals surface area contributed by atoms with Crippen LogP contribution in [0.4, 0.5) is 0 Å². The van der Waals surface area contributed by atoms with Crippen molar-refractivity contribution >= 4 is 0 Å². The maximum Gasteiger partial charge on any atom is 0.120 e. The number of hydrogen-bond acceptors (Lipinski definition) is 3. The van der Waals surface area contributed by atoms with E-state index in [1.165, 1.54) is 24.4 Å². The minimum Gasteiger partial charge on any atom is -0.370 e. The molecular weight excluding hydrogens is 114 g/mol. The fourth-order valence-corrected chi connectivity index (χ4v) is 1.30. The highest BCUT2D eigenvalue weighted by molar-refractivity contribution is 5.16. The third-order valence-corrected chi connectivity index (χ3v) is 1.77. The molecule has 0 radical (unpaired) electrons. The fraction of sp³-hybridized carbons (Fsp3) is 0.667. The molecule has 0 saturated carbocycles. The van der Waals surface area contributed by atoms with E-state index in [1.54, 1.807) is 0 Å². The number of nitrogens with one attached hydrogen (secondary N) is 3. The Morgan fingerprint density at radius 3 is 3.00 bits per heavy atom. The van der Waals surface area contributed by atoms with Crippen molar-refractivity contribution < 1.29 is 0 Å². The summed E-state index contributed by atoms with van der Waals surface area (Å²) in [5, 5.41) is 9.77. The molecule has 50 valence electrons. The van der Waals surface area contributed by atoms with Crippen LogP contribution in [0.15, 0.2) is 11.5 Å². The van der Waals surface area contributed by atoms with E-state index < -0.39 is 0 Å². The highest BCUT2D eigenvalue weighted by atomic mass is 15.2. The average molecular weight is 125 g/mol. The van der Waals surface area contributed by atoms with Gasteiger partial charge in [-0.1, -0.05) is 0 Å². The minimum absolute atomic E-state index is 0.900. The first-order chi connectivity index (χ1) is 4.47. The zero-order chi connectivity index (χ0) is 6.10. The van der Waals surface area contributed by atoms with Gasteiger partial charge in [0.25, 0.3) is 0 Å². The summed E-state index contributed by atoms with van der Waals surface area (Å²) in [6.45, 7) is 2.02. The third kappa shape index (κ3) is 0.724. The molecule has 3 N–H and O–H groups in total. The standard InChI is InChI=1S/C6H11N3/c1-2-5-6(7-3-1)9-4-8-5/h7-9H,1-4H2. The molecule has 0 unspecified atom stereocenters. The van der Waals surface area contributed by atoms with Gasteiger partial charge in [0, 0.05) is 6.54 Å². The molecule has 0 bridgehead atoms. The second kappa shape index (κ2) is 1.83. The van der Waals surface area contributed by atoms with Gasteiger partial charge >= 0.3 is 0 Å². The normalized spacial score (nSPS) is 24.0. The lowest BCUT2D eigenvalue weighted by atomic mass is 10.2. The van der Waals surface area contributed by atoms with Gasteiger partial charge in [0.1, 0.15) is 5.82 Å². The molecule has 2 aliphatic rings. The summed E-state index contributed by atoms with van der Waals surface area (Å²) in [5.74, 6) is 1.22. The van der Waals surface area contributed by atoms with Gasteiger partial charge in [-0.2, -0.15) is 0 Å². The molecular formula is C6H11N3. The molecule has 0 aromatic carbocycles. The van der Waals surface area contributed by atoms with Gasteiger partial charge in [0.2, 0.25) is 0 Å². The summed E-state index contributed by atoms with van der Waals surface area (Å²) < 4.78 is 0. The van der Waals surface area contributed by atoms with Crippen LogP contribution in [0.1, 0.15) is 12.8 Å². The molecule has 0 amide bonds. The Balaban J connectivity index is 2.17. The molecule has 3 nitrogen and oxygen atoms in total. The fourth-order valence-electron chi connectivity index (χ4n) is 1.30. The molecule has 2 heterocycles. The van der Waals surface area contributed by atoms with Gasteiger partial charge in [-0.15, -0.1) is 0 Å². The Hall–Kier alpha value is -0.860. The van der Waals surface area contributed by atoms with Crippen LogP contribution >= 0.6 is 0 Å². The van der Waals surface area contributed by atoms with Crippen molar-refractivity contribution in [3.05, 3.63) is 11.5 Å². The van der Waals surface area contributed by atoms with E-state index in [1.807, 2.05) is 0 Å². The van der Waals surface area contributed by atoms with Crippen molar-refractivity contribution in [2.45, 2.75) is 12.8 Å². The average Bonchev–Trinajstić information content (AvgIpc) is 2.33. The van der Waals surface area contributed by atoms with E-state index in [9.17, 15) is 0 Å². The monoisotopic (exact) mass is 125 g/mol. The summed E-state index contributed by atoms with van der Waals surface area (Å²) in [6.07, 6.45) is 2.46. The largest absolute Gasteiger partial charge is 0.370 e. The van der Waals surface area contributed by atoms with Crippen LogP contribution in [0.25, 0.3) is 0 Å². The van der Waals surface area contributed by atoms with Crippen LogP contribution in [0.2, 0.25) is 0 Å². The summed E-state index contributed by atoms with van der Waals surface area (Å²) in [4.78, 5) is 0. The van der Waals surface area contributed by atoms with Crippen LogP contribution in [-0.2, 0) is 0 Å². The molecule has 9 heavy (non-hydrogen) atoms. The highest BCUT2D eigenvalue weighted by Crippen LogP contribution is 2.11. The molecule has 2 rings (SSSR count). The first kappa shape index (κ1) is 4.97. The first-order valence-electron chi connectivity index (χ1n) is 3.41. The molecule has 0 fully saturated rings. The topological polar surface area (TPSA) is 36.1 Å².